The van der Waals surface area contributed by atoms with E-state index in [2.05, 4.69) is 17.0 Å². The minimum absolute atomic E-state index is 0.0801. The maximum Gasteiger partial charge on any atom is 0.268 e. The third-order valence-corrected chi connectivity index (χ3v) is 7.42. The Hall–Kier alpha value is -3.20. The van der Waals surface area contributed by atoms with E-state index in [0.29, 0.717) is 23.4 Å². The molecule has 0 aliphatic carbocycles. The highest BCUT2D eigenvalue weighted by molar-refractivity contribution is 7.89. The fourth-order valence-corrected chi connectivity index (χ4v) is 5.24. The molecule has 0 bridgehead atoms. The zero-order valence-corrected chi connectivity index (χ0v) is 18.8. The lowest BCUT2D eigenvalue weighted by atomic mass is 9.87. The van der Waals surface area contributed by atoms with Gasteiger partial charge in [0, 0.05) is 24.3 Å². The van der Waals surface area contributed by atoms with Crippen LogP contribution in [0.2, 0.25) is 0 Å². The van der Waals surface area contributed by atoms with Crippen molar-refractivity contribution < 1.29 is 18.3 Å². The molecule has 0 saturated carbocycles. The molecule has 5 rings (SSSR count). The Labute approximate surface area is 193 Å². The van der Waals surface area contributed by atoms with Gasteiger partial charge in [0.1, 0.15) is 0 Å². The minimum atomic E-state index is -3.88. The molecule has 7 nitrogen and oxygen atoms in total. The molecule has 1 saturated heterocycles. The predicted octanol–water partition coefficient (Wildman–Crippen LogP) is 2.72. The molecule has 33 heavy (non-hydrogen) atoms. The Morgan fingerprint density at radius 2 is 1.55 bits per heavy atom. The van der Waals surface area contributed by atoms with Crippen molar-refractivity contribution >= 4 is 27.3 Å². The molecule has 0 radical (unpaired) electrons. The lowest BCUT2D eigenvalue weighted by molar-refractivity contribution is -0.132. The Bertz CT molecular complexity index is 1300. The van der Waals surface area contributed by atoms with E-state index in [0.717, 1.165) is 18.7 Å². The number of carbonyl (C=O) groups excluding carboxylic acids is 1. The van der Waals surface area contributed by atoms with Gasteiger partial charge in [-0.3, -0.25) is 4.79 Å². The molecule has 2 heterocycles. The van der Waals surface area contributed by atoms with E-state index in [1.165, 1.54) is 42.8 Å². The van der Waals surface area contributed by atoms with Crippen molar-refractivity contribution in [1.82, 2.24) is 0 Å². The Morgan fingerprint density at radius 3 is 2.18 bits per heavy atom. The minimum Gasteiger partial charge on any atom is -0.372 e. The fraction of sp³-hybridized carbons (Fsp3) is 0.240. The van der Waals surface area contributed by atoms with Crippen molar-refractivity contribution in [2.24, 2.45) is 5.14 Å². The number of rotatable bonds is 5. The van der Waals surface area contributed by atoms with E-state index in [1.54, 1.807) is 17.0 Å². The van der Waals surface area contributed by atoms with E-state index < -0.39 is 21.5 Å². The van der Waals surface area contributed by atoms with Crippen molar-refractivity contribution in [3.05, 3.63) is 89.5 Å². The van der Waals surface area contributed by atoms with Crippen LogP contribution in [0.15, 0.2) is 77.7 Å². The molecule has 2 aliphatic heterocycles. The van der Waals surface area contributed by atoms with Gasteiger partial charge in [-0.25, -0.2) is 13.6 Å². The van der Waals surface area contributed by atoms with Gasteiger partial charge in [-0.05, 0) is 54.3 Å². The van der Waals surface area contributed by atoms with E-state index in [-0.39, 0.29) is 4.90 Å². The monoisotopic (exact) mass is 463 g/mol. The van der Waals surface area contributed by atoms with Crippen LogP contribution >= 0.6 is 0 Å². The predicted molar refractivity (Wildman–Crippen MR) is 126 cm³/mol. The summed E-state index contributed by atoms with van der Waals surface area (Å²) in [7, 11) is -3.88. The van der Waals surface area contributed by atoms with Crippen LogP contribution in [0.3, 0.4) is 0 Å². The maximum absolute atomic E-state index is 13.6. The van der Waals surface area contributed by atoms with Crippen LogP contribution in [-0.4, -0.2) is 32.5 Å². The SMILES string of the molecule is NS(=O)(=O)c1ccc(C2(O)C(=O)N(Cc3ccc(N4CCCC4)cc3)c3ccccc32)cc1. The highest BCUT2D eigenvalue weighted by Crippen LogP contribution is 2.45. The van der Waals surface area contributed by atoms with Gasteiger partial charge in [-0.1, -0.05) is 42.5 Å². The van der Waals surface area contributed by atoms with Crippen molar-refractivity contribution in [2.75, 3.05) is 22.9 Å². The molecule has 8 heteroatoms. The third-order valence-electron chi connectivity index (χ3n) is 6.49. The molecule has 170 valence electrons. The number of para-hydroxylation sites is 1. The van der Waals surface area contributed by atoms with Gasteiger partial charge in [0.05, 0.1) is 17.1 Å². The normalized spacial score (nSPS) is 20.4. The first-order chi connectivity index (χ1) is 15.8. The second-order valence-corrected chi connectivity index (χ2v) is 10.1. The van der Waals surface area contributed by atoms with Crippen molar-refractivity contribution in [2.45, 2.75) is 29.9 Å². The summed E-state index contributed by atoms with van der Waals surface area (Å²) in [5.74, 6) is -0.476. The number of carbonyl (C=O) groups is 1. The molecular weight excluding hydrogens is 438 g/mol. The third kappa shape index (κ3) is 3.70. The number of hydrogen-bond donors (Lipinski definition) is 2. The van der Waals surface area contributed by atoms with E-state index in [4.69, 9.17) is 5.14 Å². The molecule has 1 amide bonds. The number of primary sulfonamides is 1. The number of anilines is 2. The van der Waals surface area contributed by atoms with Crippen LogP contribution in [0.1, 0.15) is 29.5 Å². The number of nitrogens with zero attached hydrogens (tertiary/aromatic N) is 2. The number of aliphatic hydroxyl groups is 1. The van der Waals surface area contributed by atoms with Crippen molar-refractivity contribution in [3.8, 4) is 0 Å². The average molecular weight is 464 g/mol. The number of fused-ring (bicyclic) bond motifs is 1. The summed E-state index contributed by atoms with van der Waals surface area (Å²) in [4.78, 5) is 17.4. The van der Waals surface area contributed by atoms with Crippen LogP contribution in [-0.2, 0) is 27.0 Å². The standard InChI is InChI=1S/C25H25N3O4S/c26-33(31,32)21-13-9-19(10-14-21)25(30)22-5-1-2-6-23(22)28(24(25)29)17-18-7-11-20(12-8-18)27-15-3-4-16-27/h1-2,5-14,30H,3-4,15-17H2,(H2,26,31,32). The largest absolute Gasteiger partial charge is 0.372 e. The molecule has 3 aromatic rings. The highest BCUT2D eigenvalue weighted by atomic mass is 32.2. The van der Waals surface area contributed by atoms with Crippen molar-refractivity contribution in [3.63, 3.8) is 0 Å². The van der Waals surface area contributed by atoms with Crippen LogP contribution in [0.5, 0.6) is 0 Å². The molecule has 2 aliphatic rings. The van der Waals surface area contributed by atoms with Crippen LogP contribution in [0, 0.1) is 0 Å². The van der Waals surface area contributed by atoms with Gasteiger partial charge in [-0.2, -0.15) is 0 Å². The van der Waals surface area contributed by atoms with Gasteiger partial charge in [-0.15, -0.1) is 0 Å². The summed E-state index contributed by atoms with van der Waals surface area (Å²) in [6.07, 6.45) is 2.41. The van der Waals surface area contributed by atoms with Gasteiger partial charge in [0.15, 0.2) is 5.60 Å². The topological polar surface area (TPSA) is 104 Å². The van der Waals surface area contributed by atoms with Crippen LogP contribution in [0.25, 0.3) is 0 Å². The summed E-state index contributed by atoms with van der Waals surface area (Å²) in [5, 5.41) is 16.8. The summed E-state index contributed by atoms with van der Waals surface area (Å²) in [6, 6.07) is 20.8. The molecule has 0 spiro atoms. The second-order valence-electron chi connectivity index (χ2n) is 8.55. The molecule has 0 aromatic heterocycles. The quantitative estimate of drug-likeness (QED) is 0.606. The Balaban J connectivity index is 1.47. The number of amides is 1. The maximum atomic E-state index is 13.6. The van der Waals surface area contributed by atoms with Crippen LogP contribution < -0.4 is 14.9 Å². The van der Waals surface area contributed by atoms with E-state index in [9.17, 15) is 18.3 Å². The first kappa shape index (κ1) is 21.6. The zero-order valence-electron chi connectivity index (χ0n) is 18.0. The summed E-state index contributed by atoms with van der Waals surface area (Å²) >= 11 is 0. The van der Waals surface area contributed by atoms with Crippen molar-refractivity contribution in [1.29, 1.82) is 0 Å². The molecule has 1 unspecified atom stereocenters. The molecule has 1 fully saturated rings. The zero-order chi connectivity index (χ0) is 23.2. The molecule has 3 aromatic carbocycles. The van der Waals surface area contributed by atoms with Gasteiger partial charge >= 0.3 is 0 Å². The molecule has 1 atom stereocenters. The van der Waals surface area contributed by atoms with E-state index in [1.807, 2.05) is 24.3 Å². The van der Waals surface area contributed by atoms with Gasteiger partial charge < -0.3 is 14.9 Å². The highest BCUT2D eigenvalue weighted by Gasteiger charge is 2.50. The lowest BCUT2D eigenvalue weighted by Crippen LogP contribution is -2.40. The fourth-order valence-electron chi connectivity index (χ4n) is 4.73. The summed E-state index contributed by atoms with van der Waals surface area (Å²) < 4.78 is 23.2. The van der Waals surface area contributed by atoms with Gasteiger partial charge in [0.25, 0.3) is 5.91 Å². The Morgan fingerprint density at radius 1 is 0.909 bits per heavy atom. The number of nitrogens with two attached hydrogens (primary N) is 1. The second kappa shape index (κ2) is 7.98. The molecular formula is C25H25N3O4S. The summed E-state index contributed by atoms with van der Waals surface area (Å²) in [5.41, 5.74) is 1.60. The Kier molecular flexibility index (Phi) is 5.23. The van der Waals surface area contributed by atoms with Crippen LogP contribution in [0.4, 0.5) is 11.4 Å². The van der Waals surface area contributed by atoms with E-state index >= 15 is 0 Å². The summed E-state index contributed by atoms with van der Waals surface area (Å²) in [6.45, 7) is 2.44. The average Bonchev–Trinajstić information content (AvgIpc) is 3.43. The first-order valence-corrected chi connectivity index (χ1v) is 12.4. The number of hydrogen-bond acceptors (Lipinski definition) is 5. The number of sulfonamides is 1. The smallest absolute Gasteiger partial charge is 0.268 e. The molecule has 3 N–H and O–H groups in total. The van der Waals surface area contributed by atoms with Gasteiger partial charge in [0.2, 0.25) is 10.0 Å². The number of benzene rings is 3. The lowest BCUT2D eigenvalue weighted by Gasteiger charge is -2.24. The first-order valence-electron chi connectivity index (χ1n) is 10.9.